The van der Waals surface area contributed by atoms with Crippen LogP contribution in [0.2, 0.25) is 5.02 Å². The van der Waals surface area contributed by atoms with Gasteiger partial charge in [0, 0.05) is 5.02 Å². The summed E-state index contributed by atoms with van der Waals surface area (Å²) in [5.41, 5.74) is 1.02. The maximum Gasteiger partial charge on any atom is 0.135 e. The minimum Gasteiger partial charge on any atom is -0.457 e. The van der Waals surface area contributed by atoms with Crippen molar-refractivity contribution in [3.05, 3.63) is 58.4 Å². The Morgan fingerprint density at radius 3 is 2.72 bits per heavy atom. The largest absolute Gasteiger partial charge is 0.457 e. The number of aliphatic hydroxyl groups excluding tert-OH is 1. The van der Waals surface area contributed by atoms with Crippen LogP contribution in [-0.4, -0.2) is 5.11 Å². The summed E-state index contributed by atoms with van der Waals surface area (Å²) >= 11 is 5.91. The van der Waals surface area contributed by atoms with Gasteiger partial charge in [-0.1, -0.05) is 17.7 Å². The van der Waals surface area contributed by atoms with Crippen molar-refractivity contribution in [1.82, 2.24) is 0 Å². The molecule has 0 unspecified atom stereocenters. The highest BCUT2D eigenvalue weighted by Crippen LogP contribution is 2.29. The van der Waals surface area contributed by atoms with Gasteiger partial charge in [0.15, 0.2) is 0 Å². The molecule has 0 amide bonds. The average molecular weight is 267 g/mol. The Balaban J connectivity index is 2.34. The Labute approximate surface area is 110 Å². The van der Waals surface area contributed by atoms with Crippen LogP contribution >= 0.6 is 11.6 Å². The fraction of sp³-hybridized carbons (Fsp3) is 0.143. The first-order valence-electron chi connectivity index (χ1n) is 5.44. The van der Waals surface area contributed by atoms with Crippen molar-refractivity contribution in [1.29, 1.82) is 0 Å². The van der Waals surface area contributed by atoms with E-state index in [1.54, 1.807) is 24.3 Å². The molecule has 18 heavy (non-hydrogen) atoms. The molecule has 0 saturated carbocycles. The predicted molar refractivity (Wildman–Crippen MR) is 68.6 cm³/mol. The molecular formula is C14H12ClFO2. The van der Waals surface area contributed by atoms with Gasteiger partial charge in [-0.15, -0.1) is 0 Å². The van der Waals surface area contributed by atoms with Crippen LogP contribution < -0.4 is 4.74 Å². The van der Waals surface area contributed by atoms with E-state index in [0.717, 1.165) is 5.56 Å². The molecule has 0 aromatic heterocycles. The molecule has 0 fully saturated rings. The second kappa shape index (κ2) is 5.38. The van der Waals surface area contributed by atoms with Gasteiger partial charge in [-0.05, 0) is 42.8 Å². The summed E-state index contributed by atoms with van der Waals surface area (Å²) in [7, 11) is 0. The number of aryl methyl sites for hydroxylation is 1. The lowest BCUT2D eigenvalue weighted by molar-refractivity contribution is 0.270. The Morgan fingerprint density at radius 1 is 1.28 bits per heavy atom. The maximum atomic E-state index is 13.4. The van der Waals surface area contributed by atoms with E-state index in [2.05, 4.69) is 0 Å². The SMILES string of the molecule is Cc1cc(Oc2cccc(F)c2CO)ccc1Cl. The topological polar surface area (TPSA) is 29.5 Å². The predicted octanol–water partition coefficient (Wildman–Crippen LogP) is 4.07. The first kappa shape index (κ1) is 12.9. The van der Waals surface area contributed by atoms with Gasteiger partial charge in [-0.3, -0.25) is 0 Å². The molecule has 0 bridgehead atoms. The molecule has 2 nitrogen and oxygen atoms in total. The third-order valence-corrected chi connectivity index (χ3v) is 3.02. The van der Waals surface area contributed by atoms with Gasteiger partial charge in [0.1, 0.15) is 17.3 Å². The highest BCUT2D eigenvalue weighted by Gasteiger charge is 2.09. The summed E-state index contributed by atoms with van der Waals surface area (Å²) in [4.78, 5) is 0. The lowest BCUT2D eigenvalue weighted by Gasteiger charge is -2.11. The number of hydrogen-bond acceptors (Lipinski definition) is 2. The van der Waals surface area contributed by atoms with Crippen LogP contribution in [0.3, 0.4) is 0 Å². The van der Waals surface area contributed by atoms with Crippen LogP contribution in [-0.2, 0) is 6.61 Å². The van der Waals surface area contributed by atoms with E-state index in [-0.39, 0.29) is 5.56 Å². The van der Waals surface area contributed by atoms with Gasteiger partial charge in [0.25, 0.3) is 0 Å². The summed E-state index contributed by atoms with van der Waals surface area (Å²) in [5, 5.41) is 9.78. The first-order valence-corrected chi connectivity index (χ1v) is 5.82. The van der Waals surface area contributed by atoms with Crippen LogP contribution in [0.5, 0.6) is 11.5 Å². The van der Waals surface area contributed by atoms with Gasteiger partial charge >= 0.3 is 0 Å². The lowest BCUT2D eigenvalue weighted by atomic mass is 10.2. The van der Waals surface area contributed by atoms with Crippen molar-refractivity contribution >= 4 is 11.6 Å². The molecular weight excluding hydrogens is 255 g/mol. The van der Waals surface area contributed by atoms with E-state index in [0.29, 0.717) is 16.5 Å². The second-order valence-electron chi connectivity index (χ2n) is 3.89. The number of rotatable bonds is 3. The van der Waals surface area contributed by atoms with Crippen LogP contribution in [0, 0.1) is 12.7 Å². The van der Waals surface area contributed by atoms with Crippen molar-refractivity contribution in [2.24, 2.45) is 0 Å². The summed E-state index contributed by atoms with van der Waals surface area (Å²) in [6.07, 6.45) is 0. The third kappa shape index (κ3) is 2.63. The molecule has 4 heteroatoms. The van der Waals surface area contributed by atoms with Crippen molar-refractivity contribution in [3.8, 4) is 11.5 Å². The monoisotopic (exact) mass is 266 g/mol. The summed E-state index contributed by atoms with van der Waals surface area (Å²) in [5.74, 6) is 0.372. The molecule has 2 aromatic rings. The molecule has 94 valence electrons. The second-order valence-corrected chi connectivity index (χ2v) is 4.29. The van der Waals surface area contributed by atoms with E-state index in [9.17, 15) is 4.39 Å². The minimum atomic E-state index is -0.485. The molecule has 0 aliphatic carbocycles. The molecule has 0 radical (unpaired) electrons. The van der Waals surface area contributed by atoms with Crippen LogP contribution in [0.15, 0.2) is 36.4 Å². The van der Waals surface area contributed by atoms with E-state index >= 15 is 0 Å². The highest BCUT2D eigenvalue weighted by molar-refractivity contribution is 6.31. The van der Waals surface area contributed by atoms with Crippen molar-refractivity contribution in [2.75, 3.05) is 0 Å². The van der Waals surface area contributed by atoms with E-state index in [4.69, 9.17) is 21.4 Å². The lowest BCUT2D eigenvalue weighted by Crippen LogP contribution is -1.95. The number of aliphatic hydroxyl groups is 1. The van der Waals surface area contributed by atoms with E-state index in [1.807, 2.05) is 6.92 Å². The van der Waals surface area contributed by atoms with Gasteiger partial charge in [0.2, 0.25) is 0 Å². The van der Waals surface area contributed by atoms with E-state index in [1.165, 1.54) is 12.1 Å². The molecule has 1 N–H and O–H groups in total. The molecule has 2 aromatic carbocycles. The Morgan fingerprint density at radius 2 is 2.06 bits per heavy atom. The molecule has 2 rings (SSSR count). The Hall–Kier alpha value is -1.58. The van der Waals surface area contributed by atoms with Crippen molar-refractivity contribution in [2.45, 2.75) is 13.5 Å². The molecule has 0 heterocycles. The zero-order chi connectivity index (χ0) is 13.1. The molecule has 0 atom stereocenters. The van der Waals surface area contributed by atoms with Crippen LogP contribution in [0.4, 0.5) is 4.39 Å². The Bertz CT molecular complexity index is 570. The highest BCUT2D eigenvalue weighted by atomic mass is 35.5. The molecule has 0 aliphatic heterocycles. The summed E-state index contributed by atoms with van der Waals surface area (Å²) in [6.45, 7) is 1.45. The number of ether oxygens (including phenoxy) is 1. The number of hydrogen-bond donors (Lipinski definition) is 1. The zero-order valence-corrected chi connectivity index (χ0v) is 10.5. The van der Waals surface area contributed by atoms with Gasteiger partial charge in [0.05, 0.1) is 12.2 Å². The smallest absolute Gasteiger partial charge is 0.135 e. The fourth-order valence-electron chi connectivity index (χ4n) is 1.60. The fourth-order valence-corrected chi connectivity index (χ4v) is 1.71. The number of halogens is 2. The van der Waals surface area contributed by atoms with Gasteiger partial charge in [-0.25, -0.2) is 4.39 Å². The minimum absolute atomic E-state index is 0.144. The number of benzene rings is 2. The summed E-state index contributed by atoms with van der Waals surface area (Å²) < 4.78 is 19.0. The third-order valence-electron chi connectivity index (χ3n) is 2.59. The zero-order valence-electron chi connectivity index (χ0n) is 9.78. The molecule has 0 saturated heterocycles. The standard InChI is InChI=1S/C14H12ClFO2/c1-9-7-10(5-6-12(9)15)18-14-4-2-3-13(16)11(14)8-17/h2-7,17H,8H2,1H3. The van der Waals surface area contributed by atoms with E-state index < -0.39 is 12.4 Å². The van der Waals surface area contributed by atoms with Crippen molar-refractivity contribution in [3.63, 3.8) is 0 Å². The maximum absolute atomic E-state index is 13.4. The normalized spacial score (nSPS) is 10.4. The molecule has 0 spiro atoms. The first-order chi connectivity index (χ1) is 8.61. The van der Waals surface area contributed by atoms with Crippen LogP contribution in [0.1, 0.15) is 11.1 Å². The Kier molecular flexibility index (Phi) is 3.84. The summed E-state index contributed by atoms with van der Waals surface area (Å²) in [6, 6.07) is 9.59. The quantitative estimate of drug-likeness (QED) is 0.907. The molecule has 0 aliphatic rings. The van der Waals surface area contributed by atoms with Crippen molar-refractivity contribution < 1.29 is 14.2 Å². The van der Waals surface area contributed by atoms with Gasteiger partial charge in [-0.2, -0.15) is 0 Å². The van der Waals surface area contributed by atoms with Gasteiger partial charge < -0.3 is 9.84 Å². The average Bonchev–Trinajstić information content (AvgIpc) is 2.34. The van der Waals surface area contributed by atoms with Crippen LogP contribution in [0.25, 0.3) is 0 Å².